The third-order valence-corrected chi connectivity index (χ3v) is 3.15. The Kier molecular flexibility index (Phi) is 3.47. The van der Waals surface area contributed by atoms with Gasteiger partial charge in [0.2, 0.25) is 0 Å². The molecule has 1 aliphatic carbocycles. The Balaban J connectivity index is 2.39. The van der Waals surface area contributed by atoms with E-state index in [1.165, 1.54) is 6.07 Å². The van der Waals surface area contributed by atoms with Crippen molar-refractivity contribution in [3.63, 3.8) is 0 Å². The fourth-order valence-electron chi connectivity index (χ4n) is 2.20. The molecule has 5 heteroatoms. The third-order valence-electron chi connectivity index (χ3n) is 3.15. The van der Waals surface area contributed by atoms with Gasteiger partial charge in [-0.05, 0) is 25.3 Å². The van der Waals surface area contributed by atoms with Gasteiger partial charge in [-0.1, -0.05) is 12.1 Å². The number of anilines is 1. The molecule has 0 atom stereocenters. The van der Waals surface area contributed by atoms with Crippen LogP contribution in [-0.4, -0.2) is 17.5 Å². The highest BCUT2D eigenvalue weighted by molar-refractivity contribution is 5.68. The van der Waals surface area contributed by atoms with E-state index >= 15 is 0 Å². The number of benzene rings is 1. The smallest absolute Gasteiger partial charge is 0.292 e. The van der Waals surface area contributed by atoms with E-state index in [-0.39, 0.29) is 10.6 Å². The lowest BCUT2D eigenvalue weighted by Gasteiger charge is -2.24. The van der Waals surface area contributed by atoms with Crippen LogP contribution in [0.3, 0.4) is 0 Å². The average Bonchev–Trinajstić information content (AvgIpc) is 3.15. The normalized spacial score (nSPS) is 14.0. The molecule has 1 aromatic carbocycles. The molecule has 1 aliphatic rings. The zero-order valence-corrected chi connectivity index (χ0v) is 10.3. The molecular weight excluding hydrogens is 230 g/mol. The van der Waals surface area contributed by atoms with Crippen LogP contribution in [-0.2, 0) is 0 Å². The molecule has 94 valence electrons. The summed E-state index contributed by atoms with van der Waals surface area (Å²) >= 11 is 0. The molecular formula is C13H15N3O2. The lowest BCUT2D eigenvalue weighted by atomic mass is 10.1. The van der Waals surface area contributed by atoms with Crippen LogP contribution in [0.4, 0.5) is 11.4 Å². The van der Waals surface area contributed by atoms with Crippen molar-refractivity contribution in [1.29, 1.82) is 5.26 Å². The molecule has 1 aromatic rings. The van der Waals surface area contributed by atoms with Crippen molar-refractivity contribution >= 4 is 11.4 Å². The Morgan fingerprint density at radius 2 is 2.28 bits per heavy atom. The number of nitrogens with zero attached hydrogens (tertiary/aromatic N) is 3. The van der Waals surface area contributed by atoms with E-state index in [0.717, 1.165) is 18.4 Å². The number of nitro groups is 1. The van der Waals surface area contributed by atoms with Crippen molar-refractivity contribution in [3.05, 3.63) is 33.9 Å². The maximum absolute atomic E-state index is 11.1. The quantitative estimate of drug-likeness (QED) is 0.590. The number of nitro benzene ring substituents is 1. The Bertz CT molecular complexity index is 503. The summed E-state index contributed by atoms with van der Waals surface area (Å²) in [6.45, 7) is 2.44. The van der Waals surface area contributed by atoms with Crippen molar-refractivity contribution in [2.45, 2.75) is 32.2 Å². The Hall–Kier alpha value is -2.09. The number of para-hydroxylation sites is 1. The number of aryl methyl sites for hydroxylation is 1. The number of hydrogen-bond acceptors (Lipinski definition) is 4. The predicted molar refractivity (Wildman–Crippen MR) is 68.4 cm³/mol. The fraction of sp³-hybridized carbons (Fsp3) is 0.462. The molecule has 2 rings (SSSR count). The lowest BCUT2D eigenvalue weighted by molar-refractivity contribution is -0.384. The van der Waals surface area contributed by atoms with Crippen LogP contribution in [0.2, 0.25) is 0 Å². The molecule has 0 aromatic heterocycles. The van der Waals surface area contributed by atoms with Crippen molar-refractivity contribution in [1.82, 2.24) is 0 Å². The van der Waals surface area contributed by atoms with Gasteiger partial charge < -0.3 is 4.90 Å². The van der Waals surface area contributed by atoms with Gasteiger partial charge in [0.15, 0.2) is 0 Å². The molecule has 5 nitrogen and oxygen atoms in total. The first-order chi connectivity index (χ1) is 8.65. The topological polar surface area (TPSA) is 70.2 Å². The molecule has 0 amide bonds. The van der Waals surface area contributed by atoms with Crippen LogP contribution in [0.1, 0.15) is 24.8 Å². The highest BCUT2D eigenvalue weighted by atomic mass is 16.6. The second kappa shape index (κ2) is 5.05. The van der Waals surface area contributed by atoms with Crippen molar-refractivity contribution in [3.8, 4) is 6.07 Å². The van der Waals surface area contributed by atoms with Crippen LogP contribution >= 0.6 is 0 Å². The maximum atomic E-state index is 11.1. The van der Waals surface area contributed by atoms with Gasteiger partial charge in [0.25, 0.3) is 5.69 Å². The Labute approximate surface area is 106 Å². The van der Waals surface area contributed by atoms with E-state index in [2.05, 4.69) is 6.07 Å². The summed E-state index contributed by atoms with van der Waals surface area (Å²) in [4.78, 5) is 12.8. The van der Waals surface area contributed by atoms with Crippen LogP contribution in [0.25, 0.3) is 0 Å². The second-order valence-electron chi connectivity index (χ2n) is 4.53. The predicted octanol–water partition coefficient (Wildman–Crippen LogP) is 2.79. The molecule has 0 radical (unpaired) electrons. The van der Waals surface area contributed by atoms with Crippen LogP contribution < -0.4 is 4.90 Å². The summed E-state index contributed by atoms with van der Waals surface area (Å²) in [6.07, 6.45) is 2.50. The third kappa shape index (κ3) is 2.43. The summed E-state index contributed by atoms with van der Waals surface area (Å²) in [7, 11) is 0. The molecule has 0 aliphatic heterocycles. The van der Waals surface area contributed by atoms with Gasteiger partial charge in [0, 0.05) is 18.7 Å². The average molecular weight is 245 g/mol. The molecule has 18 heavy (non-hydrogen) atoms. The van der Waals surface area contributed by atoms with Crippen LogP contribution in [0.15, 0.2) is 18.2 Å². The second-order valence-corrected chi connectivity index (χ2v) is 4.53. The van der Waals surface area contributed by atoms with E-state index in [1.807, 2.05) is 17.9 Å². The minimum atomic E-state index is -0.343. The van der Waals surface area contributed by atoms with E-state index in [0.29, 0.717) is 24.7 Å². The highest BCUT2D eigenvalue weighted by Crippen LogP contribution is 2.38. The van der Waals surface area contributed by atoms with Gasteiger partial charge >= 0.3 is 0 Å². The lowest BCUT2D eigenvalue weighted by Crippen LogP contribution is -2.28. The molecule has 1 saturated carbocycles. The van der Waals surface area contributed by atoms with E-state index in [4.69, 9.17) is 5.26 Å². The fourth-order valence-corrected chi connectivity index (χ4v) is 2.20. The monoisotopic (exact) mass is 245 g/mol. The van der Waals surface area contributed by atoms with Crippen molar-refractivity contribution < 1.29 is 4.92 Å². The zero-order chi connectivity index (χ0) is 13.1. The van der Waals surface area contributed by atoms with Gasteiger partial charge in [0.05, 0.1) is 17.4 Å². The van der Waals surface area contributed by atoms with E-state index < -0.39 is 0 Å². The highest BCUT2D eigenvalue weighted by Gasteiger charge is 2.33. The summed E-state index contributed by atoms with van der Waals surface area (Å²) in [5.41, 5.74) is 1.72. The van der Waals surface area contributed by atoms with Gasteiger partial charge in [-0.15, -0.1) is 0 Å². The van der Waals surface area contributed by atoms with E-state index in [1.54, 1.807) is 6.07 Å². The first kappa shape index (κ1) is 12.4. The summed E-state index contributed by atoms with van der Waals surface area (Å²) in [6, 6.07) is 7.58. The number of rotatable bonds is 5. The van der Waals surface area contributed by atoms with E-state index in [9.17, 15) is 10.1 Å². The first-order valence-corrected chi connectivity index (χ1v) is 6.02. The summed E-state index contributed by atoms with van der Waals surface area (Å²) < 4.78 is 0. The Morgan fingerprint density at radius 3 is 2.83 bits per heavy atom. The molecule has 0 N–H and O–H groups in total. The maximum Gasteiger partial charge on any atom is 0.292 e. The van der Waals surface area contributed by atoms with Crippen LogP contribution in [0, 0.1) is 28.4 Å². The van der Waals surface area contributed by atoms with Crippen molar-refractivity contribution in [2.75, 3.05) is 11.4 Å². The molecule has 0 saturated heterocycles. The molecule has 0 heterocycles. The number of hydrogen-bond donors (Lipinski definition) is 0. The van der Waals surface area contributed by atoms with Gasteiger partial charge in [0.1, 0.15) is 5.69 Å². The molecule has 0 bridgehead atoms. The Morgan fingerprint density at radius 1 is 1.56 bits per heavy atom. The van der Waals surface area contributed by atoms with Crippen molar-refractivity contribution in [2.24, 2.45) is 0 Å². The SMILES string of the molecule is Cc1cccc([N+](=O)[O-])c1N(CCC#N)C1CC1. The first-order valence-electron chi connectivity index (χ1n) is 6.02. The minimum Gasteiger partial charge on any atom is -0.362 e. The summed E-state index contributed by atoms with van der Waals surface area (Å²) in [5.74, 6) is 0. The van der Waals surface area contributed by atoms with Gasteiger partial charge in [-0.2, -0.15) is 5.26 Å². The molecule has 1 fully saturated rings. The molecule has 0 spiro atoms. The largest absolute Gasteiger partial charge is 0.362 e. The standard InChI is InChI=1S/C13H15N3O2/c1-10-4-2-5-12(16(17)18)13(10)15(9-3-8-14)11-6-7-11/h2,4-5,11H,3,6-7,9H2,1H3. The van der Waals surface area contributed by atoms with Gasteiger partial charge in [-0.3, -0.25) is 10.1 Å². The number of nitriles is 1. The van der Waals surface area contributed by atoms with Crippen LogP contribution in [0.5, 0.6) is 0 Å². The summed E-state index contributed by atoms with van der Waals surface area (Å²) in [5, 5.41) is 19.8. The minimum absolute atomic E-state index is 0.139. The zero-order valence-electron chi connectivity index (χ0n) is 10.3. The molecule has 0 unspecified atom stereocenters. The van der Waals surface area contributed by atoms with Gasteiger partial charge in [-0.25, -0.2) is 0 Å².